The van der Waals surface area contributed by atoms with E-state index < -0.39 is 17.6 Å². The van der Waals surface area contributed by atoms with E-state index in [-0.39, 0.29) is 5.92 Å². The second kappa shape index (κ2) is 15.0. The molecule has 0 N–H and O–H groups in total. The zero-order chi connectivity index (χ0) is 23.2. The van der Waals surface area contributed by atoms with Crippen LogP contribution in [0.2, 0.25) is 0 Å². The lowest BCUT2D eigenvalue weighted by Crippen LogP contribution is -2.15. The average Bonchev–Trinajstić information content (AvgIpc) is 2.77. The van der Waals surface area contributed by atoms with Gasteiger partial charge in [0.1, 0.15) is 5.82 Å². The van der Waals surface area contributed by atoms with Crippen LogP contribution in [0.1, 0.15) is 140 Å². The fraction of sp³-hybridized carbons (Fsp3) is 0.786. The van der Waals surface area contributed by atoms with Gasteiger partial charge in [-0.1, -0.05) is 103 Å². The molecule has 1 aromatic rings. The van der Waals surface area contributed by atoms with Gasteiger partial charge in [0.2, 0.25) is 0 Å². The Morgan fingerprint density at radius 1 is 0.719 bits per heavy atom. The molecule has 1 fully saturated rings. The Morgan fingerprint density at radius 2 is 1.22 bits per heavy atom. The summed E-state index contributed by atoms with van der Waals surface area (Å²) in [5.41, 5.74) is -0.424. The normalized spacial score (nSPS) is 19.4. The Balaban J connectivity index is 1.49. The standard InChI is InChI=1S/C28H44F4/c1-2-3-4-5-6-7-8-9-10-11-12-13-14-15-23-16-18-24(19-17-23)26-21-20-25(22-27(26)29)28(30,31)32/h20-24H,2-19H2,1H3. The van der Waals surface area contributed by atoms with Gasteiger partial charge < -0.3 is 0 Å². The molecule has 1 aliphatic rings. The fourth-order valence-electron chi connectivity index (χ4n) is 5.25. The quantitative estimate of drug-likeness (QED) is 0.182. The highest BCUT2D eigenvalue weighted by Gasteiger charge is 2.32. The van der Waals surface area contributed by atoms with Crippen LogP contribution in [0.5, 0.6) is 0 Å². The molecule has 4 heteroatoms. The van der Waals surface area contributed by atoms with Crippen molar-refractivity contribution < 1.29 is 17.6 Å². The third-order valence-electron chi connectivity index (χ3n) is 7.33. The third-order valence-corrected chi connectivity index (χ3v) is 7.33. The number of rotatable bonds is 15. The molecule has 0 heterocycles. The lowest BCUT2D eigenvalue weighted by atomic mass is 9.76. The van der Waals surface area contributed by atoms with Gasteiger partial charge >= 0.3 is 6.18 Å². The van der Waals surface area contributed by atoms with Crippen LogP contribution in [0.25, 0.3) is 0 Å². The summed E-state index contributed by atoms with van der Waals surface area (Å²) in [6.45, 7) is 2.26. The first-order valence-electron chi connectivity index (χ1n) is 13.3. The lowest BCUT2D eigenvalue weighted by Gasteiger charge is -2.29. The van der Waals surface area contributed by atoms with E-state index in [1.54, 1.807) is 0 Å². The SMILES string of the molecule is CCCCCCCCCCCCCCCC1CCC(c2ccc(C(F)(F)F)cc2F)CC1. The van der Waals surface area contributed by atoms with Crippen LogP contribution in [-0.4, -0.2) is 0 Å². The van der Waals surface area contributed by atoms with E-state index >= 15 is 0 Å². The second-order valence-electron chi connectivity index (χ2n) is 9.98. The minimum absolute atomic E-state index is 0.0696. The maximum Gasteiger partial charge on any atom is 0.416 e. The van der Waals surface area contributed by atoms with E-state index in [1.807, 2.05) is 0 Å². The molecule has 0 aromatic heterocycles. The van der Waals surface area contributed by atoms with E-state index in [2.05, 4.69) is 6.92 Å². The third kappa shape index (κ3) is 10.3. The van der Waals surface area contributed by atoms with Gasteiger partial charge in [-0.05, 0) is 55.2 Å². The fourth-order valence-corrected chi connectivity index (χ4v) is 5.25. The number of halogens is 4. The van der Waals surface area contributed by atoms with Crippen LogP contribution in [0.15, 0.2) is 18.2 Å². The number of hydrogen-bond acceptors (Lipinski definition) is 0. The van der Waals surface area contributed by atoms with E-state index in [0.717, 1.165) is 31.7 Å². The Kier molecular flexibility index (Phi) is 12.7. The van der Waals surface area contributed by atoms with Crippen molar-refractivity contribution in [2.45, 2.75) is 135 Å². The molecule has 1 saturated carbocycles. The monoisotopic (exact) mass is 456 g/mol. The van der Waals surface area contributed by atoms with E-state index in [4.69, 9.17) is 0 Å². The molecule has 0 radical (unpaired) electrons. The van der Waals surface area contributed by atoms with Gasteiger partial charge in [-0.2, -0.15) is 13.2 Å². The highest BCUT2D eigenvalue weighted by molar-refractivity contribution is 5.29. The van der Waals surface area contributed by atoms with E-state index in [0.29, 0.717) is 17.5 Å². The van der Waals surface area contributed by atoms with Gasteiger partial charge in [0, 0.05) is 0 Å². The van der Waals surface area contributed by atoms with Crippen LogP contribution in [0.4, 0.5) is 17.6 Å². The molecule has 0 atom stereocenters. The van der Waals surface area contributed by atoms with Crippen LogP contribution in [0, 0.1) is 11.7 Å². The van der Waals surface area contributed by atoms with Crippen molar-refractivity contribution in [1.82, 2.24) is 0 Å². The van der Waals surface area contributed by atoms with Gasteiger partial charge in [-0.25, -0.2) is 4.39 Å². The second-order valence-corrected chi connectivity index (χ2v) is 9.98. The van der Waals surface area contributed by atoms with Crippen LogP contribution in [-0.2, 0) is 6.18 Å². The Hall–Kier alpha value is -1.06. The highest BCUT2D eigenvalue weighted by Crippen LogP contribution is 2.40. The molecular weight excluding hydrogens is 412 g/mol. The molecule has 0 aliphatic heterocycles. The van der Waals surface area contributed by atoms with Crippen molar-refractivity contribution in [3.63, 3.8) is 0 Å². The van der Waals surface area contributed by atoms with Crippen LogP contribution >= 0.6 is 0 Å². The smallest absolute Gasteiger partial charge is 0.207 e. The van der Waals surface area contributed by atoms with E-state index in [1.165, 1.54) is 96.0 Å². The predicted octanol–water partition coefficient (Wildman–Crippen LogP) is 10.6. The number of benzene rings is 1. The molecule has 0 amide bonds. The minimum atomic E-state index is -4.48. The molecule has 0 nitrogen and oxygen atoms in total. The molecule has 0 unspecified atom stereocenters. The van der Waals surface area contributed by atoms with Gasteiger partial charge in [0.05, 0.1) is 5.56 Å². The van der Waals surface area contributed by atoms with Crippen molar-refractivity contribution >= 4 is 0 Å². The number of hydrogen-bond donors (Lipinski definition) is 0. The van der Waals surface area contributed by atoms with E-state index in [9.17, 15) is 17.6 Å². The average molecular weight is 457 g/mol. The zero-order valence-electron chi connectivity index (χ0n) is 20.1. The maximum absolute atomic E-state index is 14.2. The largest absolute Gasteiger partial charge is 0.416 e. The summed E-state index contributed by atoms with van der Waals surface area (Å²) in [6.07, 6.45) is 18.5. The van der Waals surface area contributed by atoms with Gasteiger partial charge in [-0.3, -0.25) is 0 Å². The highest BCUT2D eigenvalue weighted by atomic mass is 19.4. The summed E-state index contributed by atoms with van der Waals surface area (Å²) in [4.78, 5) is 0. The van der Waals surface area contributed by atoms with Crippen molar-refractivity contribution in [1.29, 1.82) is 0 Å². The molecule has 1 aliphatic carbocycles. The maximum atomic E-state index is 14.2. The summed E-state index contributed by atoms with van der Waals surface area (Å²) < 4.78 is 52.5. The van der Waals surface area contributed by atoms with Crippen molar-refractivity contribution in [2.75, 3.05) is 0 Å². The molecule has 0 saturated heterocycles. The van der Waals surface area contributed by atoms with Crippen molar-refractivity contribution in [3.05, 3.63) is 35.1 Å². The zero-order valence-corrected chi connectivity index (χ0v) is 20.1. The first-order valence-corrected chi connectivity index (χ1v) is 13.3. The van der Waals surface area contributed by atoms with Gasteiger partial charge in [-0.15, -0.1) is 0 Å². The van der Waals surface area contributed by atoms with Crippen LogP contribution < -0.4 is 0 Å². The van der Waals surface area contributed by atoms with Crippen LogP contribution in [0.3, 0.4) is 0 Å². The molecular formula is C28H44F4. The first kappa shape index (κ1) is 27.2. The number of alkyl halides is 3. The Morgan fingerprint density at radius 3 is 1.69 bits per heavy atom. The molecule has 2 rings (SSSR count). The lowest BCUT2D eigenvalue weighted by molar-refractivity contribution is -0.137. The number of unbranched alkanes of at least 4 members (excludes halogenated alkanes) is 12. The van der Waals surface area contributed by atoms with Crippen molar-refractivity contribution in [2.24, 2.45) is 5.92 Å². The van der Waals surface area contributed by atoms with Crippen molar-refractivity contribution in [3.8, 4) is 0 Å². The Bertz CT molecular complexity index is 614. The summed E-state index contributed by atoms with van der Waals surface area (Å²) >= 11 is 0. The summed E-state index contributed by atoms with van der Waals surface area (Å²) in [6, 6.07) is 3.04. The predicted molar refractivity (Wildman–Crippen MR) is 126 cm³/mol. The molecule has 1 aromatic carbocycles. The first-order chi connectivity index (χ1) is 15.4. The minimum Gasteiger partial charge on any atom is -0.207 e. The molecule has 0 bridgehead atoms. The van der Waals surface area contributed by atoms with Gasteiger partial charge in [0.15, 0.2) is 0 Å². The molecule has 0 spiro atoms. The molecule has 184 valence electrons. The summed E-state index contributed by atoms with van der Waals surface area (Å²) in [5.74, 6) is 0.0800. The summed E-state index contributed by atoms with van der Waals surface area (Å²) in [5, 5.41) is 0. The topological polar surface area (TPSA) is 0 Å². The van der Waals surface area contributed by atoms with Gasteiger partial charge in [0.25, 0.3) is 0 Å². The molecule has 32 heavy (non-hydrogen) atoms. The summed E-state index contributed by atoms with van der Waals surface area (Å²) in [7, 11) is 0. The Labute approximate surface area is 193 Å².